The number of Topliss-reactive ketones (excluding diaryl/α,β-unsaturated/α-hetero) is 1. The maximum absolute atomic E-state index is 14.4. The van der Waals surface area contributed by atoms with Crippen LogP contribution in [0.4, 0.5) is 4.79 Å². The monoisotopic (exact) mass is 616 g/mol. The van der Waals surface area contributed by atoms with Crippen molar-refractivity contribution >= 4 is 41.1 Å². The quantitative estimate of drug-likeness (QED) is 0.302. The first kappa shape index (κ1) is 30.7. The number of aliphatic imine (C=N–C) groups is 1. The SMILES string of the molecule is CC(C)(C)Oc1cc(C(=O)CC(N)=O)ccc1C1=N[C@@H](c2ccccn2)[C@@H](c2ccc(Cl)cc2)N1C(=O)N1CCNC(=O)C1. The largest absolute Gasteiger partial charge is 0.487 e. The number of benzene rings is 2. The van der Waals surface area contributed by atoms with Crippen molar-refractivity contribution in [2.24, 2.45) is 10.7 Å². The van der Waals surface area contributed by atoms with Crippen LogP contribution in [0.25, 0.3) is 0 Å². The molecule has 44 heavy (non-hydrogen) atoms. The molecule has 2 aromatic carbocycles. The number of urea groups is 1. The summed E-state index contributed by atoms with van der Waals surface area (Å²) in [7, 11) is 0. The minimum atomic E-state index is -0.746. The molecule has 1 aromatic heterocycles. The second kappa shape index (κ2) is 12.5. The highest BCUT2D eigenvalue weighted by molar-refractivity contribution is 6.30. The molecule has 0 saturated carbocycles. The standard InChI is InChI=1S/C32H33ClN6O5/c1-32(2,3)44-25-16-20(24(40)17-26(34)41)9-12-22(25)30-37-28(23-6-4-5-13-35-23)29(19-7-10-21(33)11-8-19)39(30)31(43)38-15-14-36-27(42)18-38/h4-13,16,28-29H,14-15,17-18H2,1-3H3,(H2,34,41)(H,36,42)/t28-,29+/m0/s1. The van der Waals surface area contributed by atoms with Gasteiger partial charge in [0.15, 0.2) is 5.78 Å². The van der Waals surface area contributed by atoms with Gasteiger partial charge in [-0.2, -0.15) is 0 Å². The zero-order chi connectivity index (χ0) is 31.6. The number of piperazine rings is 1. The molecule has 2 atom stereocenters. The van der Waals surface area contributed by atoms with Gasteiger partial charge < -0.3 is 20.7 Å². The first-order valence-electron chi connectivity index (χ1n) is 14.2. The Morgan fingerprint density at radius 2 is 1.84 bits per heavy atom. The number of halogens is 1. The predicted molar refractivity (Wildman–Crippen MR) is 164 cm³/mol. The van der Waals surface area contributed by atoms with E-state index in [1.165, 1.54) is 11.0 Å². The lowest BCUT2D eigenvalue weighted by Gasteiger charge is -2.36. The molecule has 1 fully saturated rings. The number of hydrogen-bond acceptors (Lipinski definition) is 7. The molecule has 0 aliphatic carbocycles. The minimum Gasteiger partial charge on any atom is -0.487 e. The summed E-state index contributed by atoms with van der Waals surface area (Å²) in [6.07, 6.45) is 1.20. The first-order valence-corrected chi connectivity index (χ1v) is 14.5. The summed E-state index contributed by atoms with van der Waals surface area (Å²) in [6, 6.07) is 15.7. The molecule has 0 bridgehead atoms. The zero-order valence-corrected chi connectivity index (χ0v) is 25.4. The van der Waals surface area contributed by atoms with Gasteiger partial charge in [0.2, 0.25) is 11.8 Å². The van der Waals surface area contributed by atoms with Crippen LogP contribution in [0, 0.1) is 0 Å². The molecule has 228 valence electrons. The number of amidine groups is 1. The van der Waals surface area contributed by atoms with Gasteiger partial charge in [-0.3, -0.25) is 29.3 Å². The molecule has 0 radical (unpaired) electrons. The van der Waals surface area contributed by atoms with E-state index in [1.807, 2.05) is 45.0 Å². The second-order valence-corrected chi connectivity index (χ2v) is 12.0. The van der Waals surface area contributed by atoms with Gasteiger partial charge in [-0.1, -0.05) is 35.9 Å². The molecule has 1 saturated heterocycles. The summed E-state index contributed by atoms with van der Waals surface area (Å²) in [4.78, 5) is 63.8. The van der Waals surface area contributed by atoms with Crippen LogP contribution >= 0.6 is 11.6 Å². The van der Waals surface area contributed by atoms with Crippen LogP contribution in [0.5, 0.6) is 5.75 Å². The van der Waals surface area contributed by atoms with Crippen molar-refractivity contribution < 1.29 is 23.9 Å². The van der Waals surface area contributed by atoms with Gasteiger partial charge in [-0.15, -0.1) is 0 Å². The Kier molecular flexibility index (Phi) is 8.68. The number of ketones is 1. The third-order valence-corrected chi connectivity index (χ3v) is 7.33. The number of nitrogens with one attached hydrogen (secondary N) is 1. The Labute approximate surface area is 260 Å². The van der Waals surface area contributed by atoms with Crippen LogP contribution in [0.3, 0.4) is 0 Å². The van der Waals surface area contributed by atoms with E-state index in [0.29, 0.717) is 29.4 Å². The summed E-state index contributed by atoms with van der Waals surface area (Å²) in [5.41, 5.74) is 6.64. The fourth-order valence-electron chi connectivity index (χ4n) is 5.23. The summed E-state index contributed by atoms with van der Waals surface area (Å²) < 4.78 is 6.33. The number of hydrogen-bond donors (Lipinski definition) is 2. The molecule has 2 aliphatic rings. The molecule has 2 aliphatic heterocycles. The Bertz CT molecular complexity index is 1620. The van der Waals surface area contributed by atoms with E-state index in [1.54, 1.807) is 41.4 Å². The summed E-state index contributed by atoms with van der Waals surface area (Å²) in [6.45, 7) is 6.07. The van der Waals surface area contributed by atoms with Gasteiger partial charge in [-0.25, -0.2) is 4.79 Å². The number of rotatable bonds is 7. The van der Waals surface area contributed by atoms with Crippen molar-refractivity contribution in [3.8, 4) is 5.75 Å². The fourth-order valence-corrected chi connectivity index (χ4v) is 5.35. The molecular formula is C32H33ClN6O5. The number of pyridine rings is 1. The third kappa shape index (κ3) is 6.73. The van der Waals surface area contributed by atoms with Gasteiger partial charge in [0.1, 0.15) is 29.8 Å². The van der Waals surface area contributed by atoms with Crippen molar-refractivity contribution in [3.05, 3.63) is 94.3 Å². The molecule has 5 rings (SSSR count). The molecule has 12 heteroatoms. The Hall–Kier alpha value is -4.77. The third-order valence-electron chi connectivity index (χ3n) is 7.08. The molecule has 0 spiro atoms. The van der Waals surface area contributed by atoms with Crippen LogP contribution in [-0.2, 0) is 9.59 Å². The number of aromatic nitrogens is 1. The smallest absolute Gasteiger partial charge is 0.326 e. The molecule has 3 heterocycles. The average Bonchev–Trinajstić information content (AvgIpc) is 3.36. The van der Waals surface area contributed by atoms with E-state index < -0.39 is 41.8 Å². The number of carbonyl (C=O) groups is 4. The molecule has 11 nitrogen and oxygen atoms in total. The number of carbonyl (C=O) groups excluding carboxylic acids is 4. The van der Waals surface area contributed by atoms with Gasteiger partial charge in [-0.05, 0) is 62.7 Å². The lowest BCUT2D eigenvalue weighted by atomic mass is 9.96. The van der Waals surface area contributed by atoms with Gasteiger partial charge in [0.25, 0.3) is 0 Å². The molecular weight excluding hydrogens is 584 g/mol. The summed E-state index contributed by atoms with van der Waals surface area (Å²) in [5.74, 6) is -0.902. The van der Waals surface area contributed by atoms with Gasteiger partial charge >= 0.3 is 6.03 Å². The predicted octanol–water partition coefficient (Wildman–Crippen LogP) is 4.07. The number of ether oxygens (including phenoxy) is 1. The van der Waals surface area contributed by atoms with E-state index in [9.17, 15) is 19.2 Å². The van der Waals surface area contributed by atoms with Crippen LogP contribution in [0.2, 0.25) is 5.02 Å². The first-order chi connectivity index (χ1) is 20.9. The van der Waals surface area contributed by atoms with E-state index in [-0.39, 0.29) is 29.6 Å². The lowest BCUT2D eigenvalue weighted by molar-refractivity contribution is -0.123. The highest BCUT2D eigenvalue weighted by Crippen LogP contribution is 2.45. The maximum atomic E-state index is 14.4. The van der Waals surface area contributed by atoms with Crippen molar-refractivity contribution in [1.82, 2.24) is 20.1 Å². The van der Waals surface area contributed by atoms with Crippen molar-refractivity contribution in [2.75, 3.05) is 19.6 Å². The molecule has 4 amide bonds. The van der Waals surface area contributed by atoms with Crippen molar-refractivity contribution in [1.29, 1.82) is 0 Å². The minimum absolute atomic E-state index is 0.115. The Balaban J connectivity index is 1.71. The Morgan fingerprint density at radius 1 is 1.09 bits per heavy atom. The van der Waals surface area contributed by atoms with E-state index in [2.05, 4.69) is 10.3 Å². The van der Waals surface area contributed by atoms with Crippen LogP contribution < -0.4 is 15.8 Å². The lowest BCUT2D eigenvalue weighted by Crippen LogP contribution is -2.55. The fraction of sp³-hybridized carbons (Fsp3) is 0.312. The van der Waals surface area contributed by atoms with E-state index in [4.69, 9.17) is 27.1 Å². The summed E-state index contributed by atoms with van der Waals surface area (Å²) >= 11 is 6.24. The number of primary amides is 1. The highest BCUT2D eigenvalue weighted by atomic mass is 35.5. The van der Waals surface area contributed by atoms with E-state index >= 15 is 0 Å². The average molecular weight is 617 g/mol. The topological polar surface area (TPSA) is 147 Å². The molecule has 3 N–H and O–H groups in total. The number of amides is 4. The highest BCUT2D eigenvalue weighted by Gasteiger charge is 2.45. The molecule has 0 unspecified atom stereocenters. The van der Waals surface area contributed by atoms with Crippen LogP contribution in [0.15, 0.2) is 71.9 Å². The van der Waals surface area contributed by atoms with Crippen molar-refractivity contribution in [2.45, 2.75) is 44.9 Å². The zero-order valence-electron chi connectivity index (χ0n) is 24.6. The normalized spacial score (nSPS) is 18.5. The van der Waals surface area contributed by atoms with Gasteiger partial charge in [0.05, 0.1) is 23.7 Å². The van der Waals surface area contributed by atoms with Crippen LogP contribution in [-0.4, -0.2) is 69.5 Å². The molecule has 3 aromatic rings. The van der Waals surface area contributed by atoms with Crippen molar-refractivity contribution in [3.63, 3.8) is 0 Å². The Morgan fingerprint density at radius 3 is 2.48 bits per heavy atom. The maximum Gasteiger partial charge on any atom is 0.326 e. The number of nitrogens with zero attached hydrogens (tertiary/aromatic N) is 4. The van der Waals surface area contributed by atoms with Crippen LogP contribution in [0.1, 0.15) is 66.5 Å². The van der Waals surface area contributed by atoms with Gasteiger partial charge in [0, 0.05) is 29.9 Å². The second-order valence-electron chi connectivity index (χ2n) is 11.6. The van der Waals surface area contributed by atoms with E-state index in [0.717, 1.165) is 5.56 Å². The number of nitrogens with two attached hydrogens (primary N) is 1. The summed E-state index contributed by atoms with van der Waals surface area (Å²) in [5, 5.41) is 3.29.